The Morgan fingerprint density at radius 1 is 1.61 bits per heavy atom. The number of nitrogens with zero attached hydrogens (tertiary/aromatic N) is 1. The van der Waals surface area contributed by atoms with E-state index in [1.807, 2.05) is 4.98 Å². The van der Waals surface area contributed by atoms with Gasteiger partial charge in [-0.3, -0.25) is 9.59 Å². The van der Waals surface area contributed by atoms with Crippen molar-refractivity contribution in [1.82, 2.24) is 4.98 Å². The first-order chi connectivity index (χ1) is 8.36. The van der Waals surface area contributed by atoms with Crippen LogP contribution in [0.15, 0.2) is 10.9 Å². The monoisotopic (exact) mass is 262 g/mol. The molecule has 1 N–H and O–H groups in total. The molecule has 0 atom stereocenters. The summed E-state index contributed by atoms with van der Waals surface area (Å²) in [6.07, 6.45) is -3.82. The average Bonchev–Trinajstić information content (AvgIpc) is 2.30. The van der Waals surface area contributed by atoms with Crippen LogP contribution in [0.4, 0.5) is 14.6 Å². The van der Waals surface area contributed by atoms with Crippen molar-refractivity contribution in [3.8, 4) is 0 Å². The fraction of sp³-hybridized carbons (Fsp3) is 0.333. The molecule has 0 saturated carbocycles. The number of pyridine rings is 1. The van der Waals surface area contributed by atoms with Gasteiger partial charge in [-0.25, -0.2) is 13.8 Å². The van der Waals surface area contributed by atoms with Gasteiger partial charge in [0.15, 0.2) is 11.1 Å². The fourth-order valence-corrected chi connectivity index (χ4v) is 1.28. The van der Waals surface area contributed by atoms with Crippen molar-refractivity contribution in [3.05, 3.63) is 37.7 Å². The Bertz CT molecular complexity index is 540. The lowest BCUT2D eigenvalue weighted by Crippen LogP contribution is -2.19. The number of methoxy groups -OCH3 is 1. The summed E-state index contributed by atoms with van der Waals surface area (Å²) in [5.74, 6) is -1.75. The number of alkyl halides is 2. The number of aromatic amines is 1. The molecule has 0 aliphatic heterocycles. The average molecular weight is 262 g/mol. The third kappa shape index (κ3) is 2.87. The Balaban J connectivity index is 3.36. The van der Waals surface area contributed by atoms with E-state index in [0.717, 1.165) is 7.11 Å². The second kappa shape index (κ2) is 5.34. The molecule has 0 unspecified atom stereocenters. The Hall–Kier alpha value is -2.32. The molecule has 0 fully saturated rings. The third-order valence-corrected chi connectivity index (χ3v) is 2.12. The molecular formula is C9H8F2N2O5. The van der Waals surface area contributed by atoms with Crippen LogP contribution in [-0.2, 0) is 16.0 Å². The molecule has 1 aromatic rings. The fourth-order valence-electron chi connectivity index (χ4n) is 1.28. The van der Waals surface area contributed by atoms with E-state index < -0.39 is 46.2 Å². The van der Waals surface area contributed by atoms with Gasteiger partial charge in [-0.05, 0) is 4.92 Å². The summed E-state index contributed by atoms with van der Waals surface area (Å²) in [5, 5.41) is 10.4. The molecule has 0 amide bonds. The first kappa shape index (κ1) is 13.7. The third-order valence-electron chi connectivity index (χ3n) is 2.12. The van der Waals surface area contributed by atoms with Crippen molar-refractivity contribution in [2.75, 3.05) is 7.11 Å². The summed E-state index contributed by atoms with van der Waals surface area (Å²) in [6.45, 7) is 0. The molecule has 0 radical (unpaired) electrons. The van der Waals surface area contributed by atoms with Gasteiger partial charge in [0, 0.05) is 0 Å². The highest BCUT2D eigenvalue weighted by Crippen LogP contribution is 2.21. The summed E-state index contributed by atoms with van der Waals surface area (Å²) in [5.41, 5.74) is -2.50. The number of carbonyl (C=O) groups is 1. The second-order valence-electron chi connectivity index (χ2n) is 3.22. The molecule has 7 nitrogen and oxygen atoms in total. The van der Waals surface area contributed by atoms with Crippen LogP contribution in [0.1, 0.15) is 17.7 Å². The standard InChI is InChI=1S/C9H8F2N2O5/c1-18-7(15)2-4-5(14)3-6(13(16)17)12-8(4)9(10)11/h3,9H,2H2,1H3,(H,12,14). The summed E-state index contributed by atoms with van der Waals surface area (Å²) in [4.78, 5) is 33.7. The zero-order chi connectivity index (χ0) is 13.9. The van der Waals surface area contributed by atoms with Gasteiger partial charge in [-0.1, -0.05) is 0 Å². The Kier molecular flexibility index (Phi) is 4.08. The molecule has 0 aliphatic carbocycles. The Morgan fingerprint density at radius 2 is 2.22 bits per heavy atom. The predicted molar refractivity (Wildman–Crippen MR) is 54.4 cm³/mol. The number of hydrogen-bond donors (Lipinski definition) is 1. The highest BCUT2D eigenvalue weighted by molar-refractivity contribution is 5.72. The van der Waals surface area contributed by atoms with E-state index in [9.17, 15) is 28.5 Å². The molecule has 0 aromatic carbocycles. The van der Waals surface area contributed by atoms with Crippen molar-refractivity contribution >= 4 is 11.8 Å². The number of nitro groups is 1. The SMILES string of the molecule is COC(=O)Cc1c(C(F)F)[nH]c([N+](=O)[O-])cc1=O. The molecular weight excluding hydrogens is 254 g/mol. The molecule has 9 heteroatoms. The minimum atomic E-state index is -3.14. The lowest BCUT2D eigenvalue weighted by molar-refractivity contribution is -0.389. The number of nitrogens with one attached hydrogen (secondary N) is 1. The van der Waals surface area contributed by atoms with Crippen LogP contribution in [-0.4, -0.2) is 23.0 Å². The minimum Gasteiger partial charge on any atom is -0.469 e. The number of ether oxygens (including phenoxy) is 1. The van der Waals surface area contributed by atoms with E-state index in [2.05, 4.69) is 4.74 Å². The maximum Gasteiger partial charge on any atom is 0.325 e. The lowest BCUT2D eigenvalue weighted by atomic mass is 10.1. The molecule has 0 spiro atoms. The van der Waals surface area contributed by atoms with Crippen LogP contribution in [0.3, 0.4) is 0 Å². The molecule has 0 aliphatic rings. The van der Waals surface area contributed by atoms with E-state index in [0.29, 0.717) is 6.07 Å². The first-order valence-corrected chi connectivity index (χ1v) is 4.62. The van der Waals surface area contributed by atoms with Crippen LogP contribution in [0, 0.1) is 10.1 Å². The molecule has 1 rings (SSSR count). The van der Waals surface area contributed by atoms with Crippen molar-refractivity contribution < 1.29 is 23.2 Å². The van der Waals surface area contributed by atoms with Crippen molar-refractivity contribution in [2.45, 2.75) is 12.8 Å². The highest BCUT2D eigenvalue weighted by Gasteiger charge is 2.25. The van der Waals surface area contributed by atoms with Gasteiger partial charge in [0.2, 0.25) is 0 Å². The second-order valence-corrected chi connectivity index (χ2v) is 3.22. The highest BCUT2D eigenvalue weighted by atomic mass is 19.3. The summed E-state index contributed by atoms with van der Waals surface area (Å²) >= 11 is 0. The quantitative estimate of drug-likeness (QED) is 0.494. The van der Waals surface area contributed by atoms with Gasteiger partial charge in [-0.15, -0.1) is 0 Å². The van der Waals surface area contributed by atoms with E-state index in [4.69, 9.17) is 0 Å². The number of H-pyrrole nitrogens is 1. The topological polar surface area (TPSA) is 102 Å². The van der Waals surface area contributed by atoms with E-state index in [1.54, 1.807) is 0 Å². The lowest BCUT2D eigenvalue weighted by Gasteiger charge is -2.05. The zero-order valence-electron chi connectivity index (χ0n) is 9.11. The molecule has 18 heavy (non-hydrogen) atoms. The largest absolute Gasteiger partial charge is 0.469 e. The van der Waals surface area contributed by atoms with Gasteiger partial charge < -0.3 is 14.9 Å². The van der Waals surface area contributed by atoms with Gasteiger partial charge in [-0.2, -0.15) is 0 Å². The summed E-state index contributed by atoms with van der Waals surface area (Å²) in [7, 11) is 1.03. The Labute approximate surface area is 98.5 Å². The first-order valence-electron chi connectivity index (χ1n) is 4.62. The van der Waals surface area contributed by atoms with Crippen LogP contribution >= 0.6 is 0 Å². The molecule has 0 saturated heterocycles. The minimum absolute atomic E-state index is 0.539. The summed E-state index contributed by atoms with van der Waals surface area (Å²) in [6, 6.07) is 0.546. The van der Waals surface area contributed by atoms with Gasteiger partial charge in [0.05, 0.1) is 25.2 Å². The van der Waals surface area contributed by atoms with Crippen LogP contribution < -0.4 is 5.43 Å². The van der Waals surface area contributed by atoms with Crippen molar-refractivity contribution in [1.29, 1.82) is 0 Å². The predicted octanol–water partition coefficient (Wildman–Crippen LogP) is 0.936. The van der Waals surface area contributed by atoms with Crippen molar-refractivity contribution in [2.24, 2.45) is 0 Å². The zero-order valence-corrected chi connectivity index (χ0v) is 9.11. The number of halogens is 2. The van der Waals surface area contributed by atoms with Gasteiger partial charge >= 0.3 is 11.8 Å². The normalized spacial score (nSPS) is 10.4. The maximum atomic E-state index is 12.7. The maximum absolute atomic E-state index is 12.7. The van der Waals surface area contributed by atoms with E-state index >= 15 is 0 Å². The smallest absolute Gasteiger partial charge is 0.325 e. The number of carbonyl (C=O) groups excluding carboxylic acids is 1. The number of esters is 1. The number of aromatic nitrogens is 1. The summed E-state index contributed by atoms with van der Waals surface area (Å²) < 4.78 is 29.6. The molecule has 1 heterocycles. The number of rotatable bonds is 4. The molecule has 1 aromatic heterocycles. The van der Waals surface area contributed by atoms with Crippen LogP contribution in [0.2, 0.25) is 0 Å². The van der Waals surface area contributed by atoms with E-state index in [-0.39, 0.29) is 0 Å². The molecule has 98 valence electrons. The van der Waals surface area contributed by atoms with Gasteiger partial charge in [0.1, 0.15) is 0 Å². The van der Waals surface area contributed by atoms with Crippen molar-refractivity contribution in [3.63, 3.8) is 0 Å². The molecule has 0 bridgehead atoms. The van der Waals surface area contributed by atoms with Crippen LogP contribution in [0.5, 0.6) is 0 Å². The van der Waals surface area contributed by atoms with E-state index in [1.165, 1.54) is 0 Å². The Morgan fingerprint density at radius 3 is 2.67 bits per heavy atom. The number of hydrogen-bond acceptors (Lipinski definition) is 5. The van der Waals surface area contributed by atoms with Crippen LogP contribution in [0.25, 0.3) is 0 Å². The van der Waals surface area contributed by atoms with Gasteiger partial charge in [0.25, 0.3) is 6.43 Å².